The van der Waals surface area contributed by atoms with Gasteiger partial charge in [0.1, 0.15) is 0 Å². The van der Waals surface area contributed by atoms with E-state index in [4.69, 9.17) is 17.0 Å². The standard InChI is InChI=1S/C12H16N4O3S/c1-9(14-15-12(20)13-6-7-19-2)10-4-3-5-11(8-10)16(17)18/h3-5,8H,6-7H2,1-2H3,(H2,13,15,20). The van der Waals surface area contributed by atoms with Crippen molar-refractivity contribution in [3.05, 3.63) is 39.9 Å². The molecule has 0 saturated heterocycles. The minimum Gasteiger partial charge on any atom is -0.383 e. The zero-order valence-corrected chi connectivity index (χ0v) is 12.1. The average molecular weight is 296 g/mol. The van der Waals surface area contributed by atoms with Gasteiger partial charge in [0, 0.05) is 31.4 Å². The van der Waals surface area contributed by atoms with Gasteiger partial charge in [-0.25, -0.2) is 0 Å². The van der Waals surface area contributed by atoms with Gasteiger partial charge in [-0.15, -0.1) is 0 Å². The largest absolute Gasteiger partial charge is 0.383 e. The fourth-order valence-electron chi connectivity index (χ4n) is 1.35. The Balaban J connectivity index is 2.62. The number of nitrogens with zero attached hydrogens (tertiary/aromatic N) is 2. The topological polar surface area (TPSA) is 88.8 Å². The number of ether oxygens (including phenoxy) is 1. The quantitative estimate of drug-likeness (QED) is 0.271. The molecule has 1 aromatic carbocycles. The summed E-state index contributed by atoms with van der Waals surface area (Å²) >= 11 is 5.01. The van der Waals surface area contributed by atoms with Gasteiger partial charge >= 0.3 is 0 Å². The molecule has 0 aliphatic rings. The number of thiocarbonyl (C=S) groups is 1. The molecule has 0 atom stereocenters. The van der Waals surface area contributed by atoms with E-state index in [1.807, 2.05) is 0 Å². The lowest BCUT2D eigenvalue weighted by Crippen LogP contribution is -2.34. The number of non-ortho nitro benzene ring substituents is 1. The molecule has 0 fully saturated rings. The zero-order valence-electron chi connectivity index (χ0n) is 11.3. The maximum Gasteiger partial charge on any atom is 0.270 e. The van der Waals surface area contributed by atoms with E-state index in [1.54, 1.807) is 26.2 Å². The van der Waals surface area contributed by atoms with Gasteiger partial charge in [-0.1, -0.05) is 12.1 Å². The molecule has 0 saturated carbocycles. The molecule has 8 heteroatoms. The number of hydrogen-bond acceptors (Lipinski definition) is 5. The first kappa shape index (κ1) is 16.0. The van der Waals surface area contributed by atoms with Crippen molar-refractivity contribution < 1.29 is 9.66 Å². The number of methoxy groups -OCH3 is 1. The number of nitro benzene ring substituents is 1. The van der Waals surface area contributed by atoms with Crippen LogP contribution in [0.1, 0.15) is 12.5 Å². The van der Waals surface area contributed by atoms with Gasteiger partial charge in [0.15, 0.2) is 5.11 Å². The van der Waals surface area contributed by atoms with Crippen LogP contribution < -0.4 is 10.7 Å². The first-order valence-corrected chi connectivity index (χ1v) is 6.27. The van der Waals surface area contributed by atoms with Crippen LogP contribution in [0.15, 0.2) is 29.4 Å². The Labute approximate surface area is 122 Å². The molecule has 0 spiro atoms. The van der Waals surface area contributed by atoms with E-state index in [0.29, 0.717) is 29.5 Å². The number of hydrazone groups is 1. The molecular weight excluding hydrogens is 280 g/mol. The Morgan fingerprint density at radius 3 is 2.95 bits per heavy atom. The van der Waals surface area contributed by atoms with Crippen molar-refractivity contribution in [2.75, 3.05) is 20.3 Å². The van der Waals surface area contributed by atoms with Crippen molar-refractivity contribution >= 4 is 28.7 Å². The first-order valence-electron chi connectivity index (χ1n) is 5.86. The van der Waals surface area contributed by atoms with Crippen molar-refractivity contribution in [1.82, 2.24) is 10.7 Å². The second-order valence-corrected chi connectivity index (χ2v) is 4.27. The molecule has 1 aromatic rings. The van der Waals surface area contributed by atoms with E-state index < -0.39 is 4.92 Å². The lowest BCUT2D eigenvalue weighted by atomic mass is 10.1. The van der Waals surface area contributed by atoms with Crippen molar-refractivity contribution in [2.24, 2.45) is 5.10 Å². The zero-order chi connectivity index (χ0) is 15.0. The first-order chi connectivity index (χ1) is 9.54. The minimum absolute atomic E-state index is 0.0258. The monoisotopic (exact) mass is 296 g/mol. The predicted molar refractivity (Wildman–Crippen MR) is 80.9 cm³/mol. The highest BCUT2D eigenvalue weighted by Gasteiger charge is 2.07. The molecule has 7 nitrogen and oxygen atoms in total. The van der Waals surface area contributed by atoms with Gasteiger partial charge in [-0.3, -0.25) is 15.5 Å². The number of benzene rings is 1. The molecule has 0 radical (unpaired) electrons. The smallest absolute Gasteiger partial charge is 0.270 e. The molecule has 108 valence electrons. The van der Waals surface area contributed by atoms with Crippen LogP contribution in [0, 0.1) is 10.1 Å². The maximum absolute atomic E-state index is 10.7. The molecule has 0 heterocycles. The molecule has 0 unspecified atom stereocenters. The van der Waals surface area contributed by atoms with E-state index in [2.05, 4.69) is 15.8 Å². The van der Waals surface area contributed by atoms with Crippen LogP contribution in [0.25, 0.3) is 0 Å². The van der Waals surface area contributed by atoms with Crippen LogP contribution in [0.3, 0.4) is 0 Å². The van der Waals surface area contributed by atoms with Crippen LogP contribution in [-0.2, 0) is 4.74 Å². The van der Waals surface area contributed by atoms with Crippen LogP contribution in [0.5, 0.6) is 0 Å². The number of rotatable bonds is 6. The fourth-order valence-corrected chi connectivity index (χ4v) is 1.50. The summed E-state index contributed by atoms with van der Waals surface area (Å²) in [6.07, 6.45) is 0. The Hall–Kier alpha value is -2.06. The Morgan fingerprint density at radius 2 is 2.30 bits per heavy atom. The Morgan fingerprint density at radius 1 is 1.55 bits per heavy atom. The molecule has 0 aliphatic heterocycles. The highest BCUT2D eigenvalue weighted by atomic mass is 32.1. The van der Waals surface area contributed by atoms with Crippen molar-refractivity contribution in [3.8, 4) is 0 Å². The van der Waals surface area contributed by atoms with Gasteiger partial charge < -0.3 is 10.1 Å². The lowest BCUT2D eigenvalue weighted by molar-refractivity contribution is -0.384. The van der Waals surface area contributed by atoms with Crippen LogP contribution in [-0.4, -0.2) is 36.0 Å². The summed E-state index contributed by atoms with van der Waals surface area (Å²) in [5.41, 5.74) is 3.96. The van der Waals surface area contributed by atoms with Gasteiger partial charge in [0.05, 0.1) is 17.2 Å². The summed E-state index contributed by atoms with van der Waals surface area (Å²) in [5.74, 6) is 0. The van der Waals surface area contributed by atoms with E-state index in [1.165, 1.54) is 12.1 Å². The Kier molecular flexibility index (Phi) is 6.54. The van der Waals surface area contributed by atoms with Crippen molar-refractivity contribution in [1.29, 1.82) is 0 Å². The van der Waals surface area contributed by atoms with Crippen LogP contribution in [0.4, 0.5) is 5.69 Å². The fraction of sp³-hybridized carbons (Fsp3) is 0.333. The molecule has 0 aliphatic carbocycles. The third-order valence-corrected chi connectivity index (χ3v) is 2.63. The summed E-state index contributed by atoms with van der Waals surface area (Å²) in [6, 6.07) is 6.25. The summed E-state index contributed by atoms with van der Waals surface area (Å²) in [7, 11) is 1.60. The number of hydrogen-bond donors (Lipinski definition) is 2. The van der Waals surface area contributed by atoms with E-state index in [9.17, 15) is 10.1 Å². The number of nitrogens with one attached hydrogen (secondary N) is 2. The minimum atomic E-state index is -0.443. The van der Waals surface area contributed by atoms with Crippen LogP contribution >= 0.6 is 12.2 Å². The summed E-state index contributed by atoms with van der Waals surface area (Å²) in [4.78, 5) is 10.3. The molecule has 0 bridgehead atoms. The van der Waals surface area contributed by atoms with E-state index in [0.717, 1.165) is 0 Å². The van der Waals surface area contributed by atoms with Crippen molar-refractivity contribution in [3.63, 3.8) is 0 Å². The second-order valence-electron chi connectivity index (χ2n) is 3.87. The molecule has 0 amide bonds. The molecular formula is C12H16N4O3S. The Bertz CT molecular complexity index is 519. The SMILES string of the molecule is COCCNC(=S)NN=C(C)c1cccc([N+](=O)[O-])c1. The summed E-state index contributed by atoms with van der Waals surface area (Å²) in [6.45, 7) is 2.85. The summed E-state index contributed by atoms with van der Waals surface area (Å²) < 4.78 is 4.87. The summed E-state index contributed by atoms with van der Waals surface area (Å²) in [5, 5.41) is 18.0. The van der Waals surface area contributed by atoms with Gasteiger partial charge in [0.25, 0.3) is 5.69 Å². The molecule has 2 N–H and O–H groups in total. The average Bonchev–Trinajstić information content (AvgIpc) is 2.45. The third kappa shape index (κ3) is 5.29. The van der Waals surface area contributed by atoms with Gasteiger partial charge in [-0.05, 0) is 19.1 Å². The lowest BCUT2D eigenvalue weighted by Gasteiger charge is -2.07. The van der Waals surface area contributed by atoms with E-state index >= 15 is 0 Å². The van der Waals surface area contributed by atoms with E-state index in [-0.39, 0.29) is 5.69 Å². The molecule has 0 aromatic heterocycles. The van der Waals surface area contributed by atoms with Gasteiger partial charge in [-0.2, -0.15) is 5.10 Å². The molecule has 1 rings (SSSR count). The maximum atomic E-state index is 10.7. The highest BCUT2D eigenvalue weighted by molar-refractivity contribution is 7.80. The van der Waals surface area contributed by atoms with Crippen LogP contribution in [0.2, 0.25) is 0 Å². The second kappa shape index (κ2) is 8.18. The highest BCUT2D eigenvalue weighted by Crippen LogP contribution is 2.13. The normalized spacial score (nSPS) is 11.0. The van der Waals surface area contributed by atoms with Crippen molar-refractivity contribution in [2.45, 2.75) is 6.92 Å². The van der Waals surface area contributed by atoms with Gasteiger partial charge in [0.2, 0.25) is 0 Å². The third-order valence-electron chi connectivity index (χ3n) is 2.39. The molecule has 20 heavy (non-hydrogen) atoms. The number of nitro groups is 1. The predicted octanol–water partition coefficient (Wildman–Crippen LogP) is 1.43.